The molecule has 0 aromatic carbocycles. The highest BCUT2D eigenvalue weighted by atomic mass is 14.3. The third-order valence-corrected chi connectivity index (χ3v) is 4.40. The fourth-order valence-corrected chi connectivity index (χ4v) is 2.72. The summed E-state index contributed by atoms with van der Waals surface area (Å²) in [6, 6.07) is 0. The molecule has 0 aliphatic rings. The Kier molecular flexibility index (Phi) is 8.19. The molecule has 0 heterocycles. The van der Waals surface area contributed by atoms with E-state index in [1.807, 2.05) is 0 Å². The molecule has 0 rings (SSSR count). The molecule has 0 aliphatic heterocycles. The smallest absolute Gasteiger partial charge is 0.0358 e. The van der Waals surface area contributed by atoms with E-state index in [1.165, 1.54) is 32.1 Å². The molecule has 15 heavy (non-hydrogen) atoms. The van der Waals surface area contributed by atoms with Gasteiger partial charge in [-0.3, -0.25) is 0 Å². The van der Waals surface area contributed by atoms with Crippen LogP contribution in [0.25, 0.3) is 0 Å². The Balaban J connectivity index is 4.41. The summed E-state index contributed by atoms with van der Waals surface area (Å²) in [5.41, 5.74) is 0. The van der Waals surface area contributed by atoms with E-state index < -0.39 is 0 Å². The summed E-state index contributed by atoms with van der Waals surface area (Å²) in [7, 11) is 0. The van der Waals surface area contributed by atoms with Crippen LogP contribution < -0.4 is 0 Å². The molecular formula is C15H32. The van der Waals surface area contributed by atoms with Crippen molar-refractivity contribution in [3.05, 3.63) is 0 Å². The lowest BCUT2D eigenvalue weighted by atomic mass is 9.73. The first-order valence-corrected chi connectivity index (χ1v) is 7.10. The molecule has 0 amide bonds. The standard InChI is InChI=1S/C15H32/c1-7-12(5)11-15(13(6)8-2)14(9-3)10-4/h12-15H,7-11H2,1-6H3. The highest BCUT2D eigenvalue weighted by molar-refractivity contribution is 4.74. The fourth-order valence-electron chi connectivity index (χ4n) is 2.72. The van der Waals surface area contributed by atoms with Gasteiger partial charge >= 0.3 is 0 Å². The predicted molar refractivity (Wildman–Crippen MR) is 71.1 cm³/mol. The van der Waals surface area contributed by atoms with E-state index in [0.29, 0.717) is 0 Å². The molecule has 0 radical (unpaired) electrons. The van der Waals surface area contributed by atoms with Crippen LogP contribution in [-0.4, -0.2) is 0 Å². The van der Waals surface area contributed by atoms with Crippen molar-refractivity contribution in [2.24, 2.45) is 23.7 Å². The topological polar surface area (TPSA) is 0 Å². The van der Waals surface area contributed by atoms with Crippen LogP contribution in [0.4, 0.5) is 0 Å². The molecule has 0 spiro atoms. The highest BCUT2D eigenvalue weighted by Gasteiger charge is 2.24. The normalized spacial score (nSPS) is 17.8. The zero-order valence-electron chi connectivity index (χ0n) is 11.8. The monoisotopic (exact) mass is 212 g/mol. The molecule has 0 aromatic heterocycles. The van der Waals surface area contributed by atoms with E-state index in [9.17, 15) is 0 Å². The van der Waals surface area contributed by atoms with E-state index in [2.05, 4.69) is 41.5 Å². The molecule has 0 saturated heterocycles. The van der Waals surface area contributed by atoms with Gasteiger partial charge in [-0.05, 0) is 30.1 Å². The summed E-state index contributed by atoms with van der Waals surface area (Å²) >= 11 is 0. The summed E-state index contributed by atoms with van der Waals surface area (Å²) in [4.78, 5) is 0. The van der Waals surface area contributed by atoms with Gasteiger partial charge in [-0.1, -0.05) is 67.2 Å². The Bertz CT molecular complexity index is 135. The van der Waals surface area contributed by atoms with Gasteiger partial charge in [0.05, 0.1) is 0 Å². The van der Waals surface area contributed by atoms with E-state index >= 15 is 0 Å². The van der Waals surface area contributed by atoms with Gasteiger partial charge in [-0.15, -0.1) is 0 Å². The first-order chi connectivity index (χ1) is 7.10. The molecule has 3 unspecified atom stereocenters. The lowest BCUT2D eigenvalue weighted by Crippen LogP contribution is -2.23. The highest BCUT2D eigenvalue weighted by Crippen LogP contribution is 2.34. The molecule has 0 aromatic rings. The van der Waals surface area contributed by atoms with Gasteiger partial charge in [-0.2, -0.15) is 0 Å². The molecule has 0 bridgehead atoms. The van der Waals surface area contributed by atoms with Gasteiger partial charge in [-0.25, -0.2) is 0 Å². The van der Waals surface area contributed by atoms with Crippen molar-refractivity contribution in [1.29, 1.82) is 0 Å². The third-order valence-electron chi connectivity index (χ3n) is 4.40. The van der Waals surface area contributed by atoms with E-state index in [4.69, 9.17) is 0 Å². The van der Waals surface area contributed by atoms with Crippen LogP contribution in [0.15, 0.2) is 0 Å². The molecule has 0 fully saturated rings. The maximum Gasteiger partial charge on any atom is -0.0358 e. The first kappa shape index (κ1) is 15.0. The minimum atomic E-state index is 0.906. The van der Waals surface area contributed by atoms with Crippen LogP contribution >= 0.6 is 0 Å². The van der Waals surface area contributed by atoms with E-state index in [-0.39, 0.29) is 0 Å². The van der Waals surface area contributed by atoms with E-state index in [0.717, 1.165) is 23.7 Å². The largest absolute Gasteiger partial charge is 0.0651 e. The predicted octanol–water partition coefficient (Wildman–Crippen LogP) is 5.52. The van der Waals surface area contributed by atoms with Crippen molar-refractivity contribution in [3.63, 3.8) is 0 Å². The molecule has 92 valence electrons. The summed E-state index contributed by atoms with van der Waals surface area (Å²) in [6.45, 7) is 14.3. The summed E-state index contributed by atoms with van der Waals surface area (Å²) in [5, 5.41) is 0. The first-order valence-electron chi connectivity index (χ1n) is 7.10. The second-order valence-electron chi connectivity index (χ2n) is 5.38. The molecule has 0 aliphatic carbocycles. The van der Waals surface area contributed by atoms with Crippen LogP contribution in [0.5, 0.6) is 0 Å². The summed E-state index contributed by atoms with van der Waals surface area (Å²) < 4.78 is 0. The SMILES string of the molecule is CCC(C)CC(C(C)CC)C(CC)CC. The zero-order valence-corrected chi connectivity index (χ0v) is 11.8. The minimum absolute atomic E-state index is 0.906. The third kappa shape index (κ3) is 5.04. The van der Waals surface area contributed by atoms with E-state index in [1.54, 1.807) is 0 Å². The van der Waals surface area contributed by atoms with Crippen LogP contribution in [0.2, 0.25) is 0 Å². The maximum atomic E-state index is 2.45. The second kappa shape index (κ2) is 8.19. The lowest BCUT2D eigenvalue weighted by molar-refractivity contribution is 0.181. The molecule has 0 N–H and O–H groups in total. The van der Waals surface area contributed by atoms with Crippen LogP contribution in [0, 0.1) is 23.7 Å². The quantitative estimate of drug-likeness (QED) is 0.497. The average Bonchev–Trinajstić information content (AvgIpc) is 2.27. The summed E-state index contributed by atoms with van der Waals surface area (Å²) in [6.07, 6.45) is 6.85. The molecule has 0 heteroatoms. The summed E-state index contributed by atoms with van der Waals surface area (Å²) in [5.74, 6) is 3.72. The van der Waals surface area contributed by atoms with Gasteiger partial charge in [0, 0.05) is 0 Å². The molecule has 0 nitrogen and oxygen atoms in total. The van der Waals surface area contributed by atoms with Crippen molar-refractivity contribution in [2.75, 3.05) is 0 Å². The van der Waals surface area contributed by atoms with Crippen molar-refractivity contribution in [2.45, 2.75) is 73.6 Å². The molecule has 3 atom stereocenters. The Morgan fingerprint density at radius 3 is 1.60 bits per heavy atom. The lowest BCUT2D eigenvalue weighted by Gasteiger charge is -2.32. The van der Waals surface area contributed by atoms with Crippen LogP contribution in [0.1, 0.15) is 73.6 Å². The van der Waals surface area contributed by atoms with Crippen molar-refractivity contribution in [1.82, 2.24) is 0 Å². The Hall–Kier alpha value is 0. The van der Waals surface area contributed by atoms with Crippen molar-refractivity contribution < 1.29 is 0 Å². The van der Waals surface area contributed by atoms with Gasteiger partial charge in [0.1, 0.15) is 0 Å². The Morgan fingerprint density at radius 2 is 1.27 bits per heavy atom. The van der Waals surface area contributed by atoms with Crippen LogP contribution in [0.3, 0.4) is 0 Å². The number of rotatable bonds is 8. The zero-order chi connectivity index (χ0) is 11.8. The molecule has 0 saturated carbocycles. The number of hydrogen-bond acceptors (Lipinski definition) is 0. The Labute approximate surface area is 97.8 Å². The Morgan fingerprint density at radius 1 is 0.733 bits per heavy atom. The van der Waals surface area contributed by atoms with Crippen molar-refractivity contribution >= 4 is 0 Å². The molecular weight excluding hydrogens is 180 g/mol. The van der Waals surface area contributed by atoms with Crippen LogP contribution in [-0.2, 0) is 0 Å². The van der Waals surface area contributed by atoms with Gasteiger partial charge < -0.3 is 0 Å². The fraction of sp³-hybridized carbons (Fsp3) is 1.00. The van der Waals surface area contributed by atoms with Gasteiger partial charge in [0.25, 0.3) is 0 Å². The second-order valence-corrected chi connectivity index (χ2v) is 5.38. The van der Waals surface area contributed by atoms with Gasteiger partial charge in [0.15, 0.2) is 0 Å². The van der Waals surface area contributed by atoms with Gasteiger partial charge in [0.2, 0.25) is 0 Å². The average molecular weight is 212 g/mol. The minimum Gasteiger partial charge on any atom is -0.0651 e. The maximum absolute atomic E-state index is 2.45. The van der Waals surface area contributed by atoms with Crippen molar-refractivity contribution in [3.8, 4) is 0 Å². The number of hydrogen-bond donors (Lipinski definition) is 0.